The van der Waals surface area contributed by atoms with Gasteiger partial charge in [-0.2, -0.15) is 0 Å². The second-order valence-electron chi connectivity index (χ2n) is 4.66. The van der Waals surface area contributed by atoms with Crippen LogP contribution in [0.25, 0.3) is 0 Å². The number of hydrogen-bond acceptors (Lipinski definition) is 2. The molecule has 0 fully saturated rings. The van der Waals surface area contributed by atoms with Gasteiger partial charge in [-0.05, 0) is 29.2 Å². The molecular formula is C15H15BrO2S. The molecule has 0 aromatic heterocycles. The van der Waals surface area contributed by atoms with Crippen molar-refractivity contribution in [1.82, 2.24) is 0 Å². The van der Waals surface area contributed by atoms with Crippen LogP contribution < -0.4 is 0 Å². The zero-order chi connectivity index (χ0) is 13.9. The minimum absolute atomic E-state index is 0.0806. The van der Waals surface area contributed by atoms with Gasteiger partial charge < -0.3 is 0 Å². The summed E-state index contributed by atoms with van der Waals surface area (Å²) < 4.78 is 23.5. The van der Waals surface area contributed by atoms with Crippen LogP contribution in [0.3, 0.4) is 0 Å². The standard InChI is InChI=1S/C15H15BrO2S/c1-19(17,18)11-13-7-8-14(15(16)10-13)9-12-5-3-2-4-6-12/h2-8,10H,9,11H2,1H3. The van der Waals surface area contributed by atoms with Crippen LogP contribution in [0, 0.1) is 0 Å². The van der Waals surface area contributed by atoms with E-state index in [1.165, 1.54) is 11.8 Å². The van der Waals surface area contributed by atoms with E-state index in [2.05, 4.69) is 28.1 Å². The summed E-state index contributed by atoms with van der Waals surface area (Å²) in [6, 6.07) is 15.9. The Morgan fingerprint density at radius 3 is 2.26 bits per heavy atom. The molecule has 0 aliphatic heterocycles. The van der Waals surface area contributed by atoms with Gasteiger partial charge in [-0.15, -0.1) is 0 Å². The van der Waals surface area contributed by atoms with E-state index in [1.807, 2.05) is 36.4 Å². The Balaban J connectivity index is 2.20. The Morgan fingerprint density at radius 1 is 1.00 bits per heavy atom. The van der Waals surface area contributed by atoms with Gasteiger partial charge in [0.1, 0.15) is 0 Å². The molecule has 2 rings (SSSR count). The molecule has 0 aliphatic carbocycles. The summed E-state index contributed by atoms with van der Waals surface area (Å²) in [5, 5.41) is 0. The maximum Gasteiger partial charge on any atom is 0.151 e. The van der Waals surface area contributed by atoms with Crippen LogP contribution in [0.1, 0.15) is 16.7 Å². The summed E-state index contributed by atoms with van der Waals surface area (Å²) in [7, 11) is -2.99. The number of hydrogen-bond donors (Lipinski definition) is 0. The molecule has 0 aliphatic rings. The van der Waals surface area contributed by atoms with E-state index in [1.54, 1.807) is 0 Å². The van der Waals surface area contributed by atoms with E-state index < -0.39 is 9.84 Å². The molecule has 0 saturated heterocycles. The molecule has 0 atom stereocenters. The van der Waals surface area contributed by atoms with Crippen LogP contribution in [0.4, 0.5) is 0 Å². The van der Waals surface area contributed by atoms with Crippen molar-refractivity contribution in [3.63, 3.8) is 0 Å². The molecule has 0 spiro atoms. The molecule has 2 aromatic carbocycles. The van der Waals surface area contributed by atoms with Crippen LogP contribution in [-0.2, 0) is 22.0 Å². The highest BCUT2D eigenvalue weighted by atomic mass is 79.9. The molecule has 0 saturated carbocycles. The predicted octanol–water partition coefficient (Wildman–Crippen LogP) is 3.58. The van der Waals surface area contributed by atoms with Gasteiger partial charge in [0.2, 0.25) is 0 Å². The molecular weight excluding hydrogens is 324 g/mol. The second-order valence-corrected chi connectivity index (χ2v) is 7.65. The molecule has 0 amide bonds. The van der Waals surface area contributed by atoms with E-state index in [9.17, 15) is 8.42 Å². The summed E-state index contributed by atoms with van der Waals surface area (Å²) >= 11 is 3.52. The molecule has 0 N–H and O–H groups in total. The van der Waals surface area contributed by atoms with Gasteiger partial charge in [0.15, 0.2) is 9.84 Å². The molecule has 4 heteroatoms. The first-order valence-corrected chi connectivity index (χ1v) is 8.78. The monoisotopic (exact) mass is 338 g/mol. The third-order valence-corrected chi connectivity index (χ3v) is 4.38. The average molecular weight is 339 g/mol. The van der Waals surface area contributed by atoms with Crippen molar-refractivity contribution >= 4 is 25.8 Å². The lowest BCUT2D eigenvalue weighted by Crippen LogP contribution is -2.01. The van der Waals surface area contributed by atoms with Crippen LogP contribution >= 0.6 is 15.9 Å². The molecule has 19 heavy (non-hydrogen) atoms. The molecule has 100 valence electrons. The molecule has 0 unspecified atom stereocenters. The smallest absolute Gasteiger partial charge is 0.151 e. The average Bonchev–Trinajstić information content (AvgIpc) is 2.32. The van der Waals surface area contributed by atoms with Gasteiger partial charge in [-0.25, -0.2) is 8.42 Å². The van der Waals surface area contributed by atoms with Crippen molar-refractivity contribution in [2.45, 2.75) is 12.2 Å². The normalized spacial score (nSPS) is 11.5. The third-order valence-electron chi connectivity index (χ3n) is 2.78. The molecule has 0 bridgehead atoms. The lowest BCUT2D eigenvalue weighted by molar-refractivity contribution is 0.601. The largest absolute Gasteiger partial charge is 0.229 e. The van der Waals surface area contributed by atoms with Crippen molar-refractivity contribution in [1.29, 1.82) is 0 Å². The summed E-state index contributed by atoms with van der Waals surface area (Å²) in [4.78, 5) is 0. The Kier molecular flexibility index (Phi) is 4.42. The van der Waals surface area contributed by atoms with Crippen molar-refractivity contribution in [2.24, 2.45) is 0 Å². The summed E-state index contributed by atoms with van der Waals surface area (Å²) in [6.07, 6.45) is 2.08. The molecule has 2 nitrogen and oxygen atoms in total. The SMILES string of the molecule is CS(=O)(=O)Cc1ccc(Cc2ccccc2)c(Br)c1. The molecule has 2 aromatic rings. The molecule has 0 radical (unpaired) electrons. The van der Waals surface area contributed by atoms with Gasteiger partial charge >= 0.3 is 0 Å². The first-order chi connectivity index (χ1) is 8.94. The van der Waals surface area contributed by atoms with Gasteiger partial charge in [0.25, 0.3) is 0 Å². The van der Waals surface area contributed by atoms with E-state index >= 15 is 0 Å². The van der Waals surface area contributed by atoms with Crippen molar-refractivity contribution in [3.05, 3.63) is 69.7 Å². The first-order valence-electron chi connectivity index (χ1n) is 5.93. The van der Waals surface area contributed by atoms with E-state index in [0.29, 0.717) is 0 Å². The molecule has 0 heterocycles. The zero-order valence-electron chi connectivity index (χ0n) is 10.6. The zero-order valence-corrected chi connectivity index (χ0v) is 13.0. The van der Waals surface area contributed by atoms with Gasteiger partial charge in [0.05, 0.1) is 5.75 Å². The maximum absolute atomic E-state index is 11.3. The van der Waals surface area contributed by atoms with E-state index in [4.69, 9.17) is 0 Å². The Morgan fingerprint density at radius 2 is 1.68 bits per heavy atom. The van der Waals surface area contributed by atoms with E-state index in [-0.39, 0.29) is 5.75 Å². The minimum atomic E-state index is -2.99. The highest BCUT2D eigenvalue weighted by molar-refractivity contribution is 9.10. The van der Waals surface area contributed by atoms with Crippen molar-refractivity contribution < 1.29 is 8.42 Å². The lowest BCUT2D eigenvalue weighted by Gasteiger charge is -2.07. The predicted molar refractivity (Wildman–Crippen MR) is 81.9 cm³/mol. The number of rotatable bonds is 4. The fourth-order valence-corrected chi connectivity index (χ4v) is 3.29. The number of halogens is 1. The van der Waals surface area contributed by atoms with Gasteiger partial charge in [-0.3, -0.25) is 0 Å². The Labute approximate surface area is 122 Å². The number of benzene rings is 2. The van der Waals surface area contributed by atoms with Crippen LogP contribution in [-0.4, -0.2) is 14.7 Å². The summed E-state index contributed by atoms with van der Waals surface area (Å²) in [5.41, 5.74) is 3.20. The maximum atomic E-state index is 11.3. The first kappa shape index (κ1) is 14.3. The van der Waals surface area contributed by atoms with Crippen molar-refractivity contribution in [3.8, 4) is 0 Å². The van der Waals surface area contributed by atoms with Crippen LogP contribution in [0.15, 0.2) is 53.0 Å². The van der Waals surface area contributed by atoms with Gasteiger partial charge in [0, 0.05) is 10.7 Å². The fraction of sp³-hybridized carbons (Fsp3) is 0.200. The Hall–Kier alpha value is -1.13. The second kappa shape index (κ2) is 5.88. The number of sulfone groups is 1. The lowest BCUT2D eigenvalue weighted by atomic mass is 10.0. The van der Waals surface area contributed by atoms with E-state index in [0.717, 1.165) is 22.0 Å². The summed E-state index contributed by atoms with van der Waals surface area (Å²) in [6.45, 7) is 0. The highest BCUT2D eigenvalue weighted by Gasteiger charge is 2.07. The van der Waals surface area contributed by atoms with Crippen molar-refractivity contribution in [2.75, 3.05) is 6.26 Å². The third kappa shape index (κ3) is 4.48. The van der Waals surface area contributed by atoms with Gasteiger partial charge in [-0.1, -0.05) is 58.4 Å². The quantitative estimate of drug-likeness (QED) is 0.853. The minimum Gasteiger partial charge on any atom is -0.229 e. The highest BCUT2D eigenvalue weighted by Crippen LogP contribution is 2.22. The fourth-order valence-electron chi connectivity index (χ4n) is 1.94. The van der Waals surface area contributed by atoms with Crippen LogP contribution in [0.2, 0.25) is 0 Å². The topological polar surface area (TPSA) is 34.1 Å². The van der Waals surface area contributed by atoms with Crippen LogP contribution in [0.5, 0.6) is 0 Å². The summed E-state index contributed by atoms with van der Waals surface area (Å²) in [5.74, 6) is 0.0806. The Bertz CT molecular complexity index is 664.